The highest BCUT2D eigenvalue weighted by Crippen LogP contribution is 2.36. The first kappa shape index (κ1) is 13.5. The Morgan fingerprint density at radius 1 is 1.29 bits per heavy atom. The van der Waals surface area contributed by atoms with E-state index in [1.165, 1.54) is 25.8 Å². The Morgan fingerprint density at radius 3 is 2.81 bits per heavy atom. The standard InChI is InChI=1S/C16H21ClN4/c1-10-7-14-16(18-8-10)21(15(19-14)11(2)17)13-5-6-20(9-13)12-3-4-12/h7-8,11-13H,3-6,9H2,1-2H3. The second kappa shape index (κ2) is 4.96. The molecule has 1 aliphatic heterocycles. The maximum absolute atomic E-state index is 6.38. The summed E-state index contributed by atoms with van der Waals surface area (Å²) in [4.78, 5) is 12.0. The van der Waals surface area contributed by atoms with Gasteiger partial charge in [-0.2, -0.15) is 0 Å². The summed E-state index contributed by atoms with van der Waals surface area (Å²) in [7, 11) is 0. The summed E-state index contributed by atoms with van der Waals surface area (Å²) in [6, 6.07) is 3.40. The molecule has 0 bridgehead atoms. The molecule has 2 unspecified atom stereocenters. The van der Waals surface area contributed by atoms with E-state index >= 15 is 0 Å². The normalized spacial score (nSPS) is 24.8. The minimum atomic E-state index is -0.0884. The summed E-state index contributed by atoms with van der Waals surface area (Å²) >= 11 is 6.38. The summed E-state index contributed by atoms with van der Waals surface area (Å²) in [6.07, 6.45) is 5.84. The first-order valence-electron chi connectivity index (χ1n) is 7.86. The summed E-state index contributed by atoms with van der Waals surface area (Å²) in [6.45, 7) is 6.36. The highest BCUT2D eigenvalue weighted by atomic mass is 35.5. The Bertz CT molecular complexity index is 674. The van der Waals surface area contributed by atoms with Gasteiger partial charge in [-0.15, -0.1) is 11.6 Å². The third-order valence-corrected chi connectivity index (χ3v) is 4.87. The molecule has 0 aromatic carbocycles. The van der Waals surface area contributed by atoms with Crippen LogP contribution in [0.15, 0.2) is 12.3 Å². The third-order valence-electron chi connectivity index (χ3n) is 4.67. The molecule has 112 valence electrons. The molecule has 0 N–H and O–H groups in total. The molecule has 21 heavy (non-hydrogen) atoms. The van der Waals surface area contributed by atoms with Crippen LogP contribution in [0.1, 0.15) is 49.0 Å². The monoisotopic (exact) mass is 304 g/mol. The average Bonchev–Trinajstić information content (AvgIpc) is 3.06. The Hall–Kier alpha value is -1.13. The lowest BCUT2D eigenvalue weighted by atomic mass is 10.2. The van der Waals surface area contributed by atoms with E-state index in [0.29, 0.717) is 6.04 Å². The third kappa shape index (κ3) is 2.34. The number of likely N-dealkylation sites (tertiary alicyclic amines) is 1. The van der Waals surface area contributed by atoms with Crippen LogP contribution in [0.4, 0.5) is 0 Å². The molecule has 2 aliphatic rings. The predicted octanol–water partition coefficient (Wildman–Crippen LogP) is 3.45. The van der Waals surface area contributed by atoms with Crippen molar-refractivity contribution in [3.63, 3.8) is 0 Å². The van der Waals surface area contributed by atoms with Crippen molar-refractivity contribution in [2.24, 2.45) is 0 Å². The lowest BCUT2D eigenvalue weighted by molar-refractivity contribution is 0.313. The van der Waals surface area contributed by atoms with Gasteiger partial charge in [0.2, 0.25) is 0 Å². The van der Waals surface area contributed by atoms with Crippen molar-refractivity contribution in [2.75, 3.05) is 13.1 Å². The van der Waals surface area contributed by atoms with Crippen molar-refractivity contribution >= 4 is 22.8 Å². The van der Waals surface area contributed by atoms with Gasteiger partial charge in [0, 0.05) is 25.3 Å². The van der Waals surface area contributed by atoms with Gasteiger partial charge < -0.3 is 4.57 Å². The second-order valence-corrected chi connectivity index (χ2v) is 7.13. The summed E-state index contributed by atoms with van der Waals surface area (Å²) in [5, 5.41) is -0.0884. The van der Waals surface area contributed by atoms with Gasteiger partial charge in [-0.05, 0) is 44.7 Å². The Morgan fingerprint density at radius 2 is 2.10 bits per heavy atom. The molecule has 2 aromatic heterocycles. The molecule has 3 heterocycles. The van der Waals surface area contributed by atoms with Crippen LogP contribution in [0.2, 0.25) is 0 Å². The fraction of sp³-hybridized carbons (Fsp3) is 0.625. The van der Waals surface area contributed by atoms with E-state index in [1.54, 1.807) is 0 Å². The Balaban J connectivity index is 1.76. The number of halogens is 1. The Labute approximate surface area is 130 Å². The highest BCUT2D eigenvalue weighted by molar-refractivity contribution is 6.20. The molecule has 2 aromatic rings. The summed E-state index contributed by atoms with van der Waals surface area (Å²) in [5.74, 6) is 0.965. The number of alkyl halides is 1. The molecule has 2 atom stereocenters. The second-order valence-electron chi connectivity index (χ2n) is 6.48. The first-order chi connectivity index (χ1) is 10.1. The molecule has 0 amide bonds. The number of hydrogen-bond acceptors (Lipinski definition) is 3. The van der Waals surface area contributed by atoms with Gasteiger partial charge in [-0.1, -0.05) is 0 Å². The topological polar surface area (TPSA) is 34.0 Å². The van der Waals surface area contributed by atoms with Crippen molar-refractivity contribution < 1.29 is 0 Å². The maximum Gasteiger partial charge on any atom is 0.160 e. The number of nitrogens with zero attached hydrogens (tertiary/aromatic N) is 4. The smallest absolute Gasteiger partial charge is 0.160 e. The van der Waals surface area contributed by atoms with Gasteiger partial charge in [0.05, 0.1) is 11.4 Å². The zero-order valence-corrected chi connectivity index (χ0v) is 13.3. The fourth-order valence-corrected chi connectivity index (χ4v) is 3.64. The van der Waals surface area contributed by atoms with Gasteiger partial charge >= 0.3 is 0 Å². The van der Waals surface area contributed by atoms with Gasteiger partial charge in [0.1, 0.15) is 11.3 Å². The van der Waals surface area contributed by atoms with Crippen molar-refractivity contribution in [3.8, 4) is 0 Å². The Kier molecular flexibility index (Phi) is 3.19. The van der Waals surface area contributed by atoms with Crippen LogP contribution in [-0.4, -0.2) is 38.6 Å². The van der Waals surface area contributed by atoms with Gasteiger partial charge in [-0.3, -0.25) is 4.90 Å². The lowest BCUT2D eigenvalue weighted by Gasteiger charge is -2.18. The lowest BCUT2D eigenvalue weighted by Crippen LogP contribution is -2.24. The number of hydrogen-bond donors (Lipinski definition) is 0. The van der Waals surface area contributed by atoms with Gasteiger partial charge in [-0.25, -0.2) is 9.97 Å². The average molecular weight is 305 g/mol. The zero-order chi connectivity index (χ0) is 14.6. The molecule has 4 rings (SSSR count). The molecule has 0 radical (unpaired) electrons. The van der Waals surface area contributed by atoms with E-state index in [0.717, 1.165) is 35.1 Å². The fourth-order valence-electron chi connectivity index (χ4n) is 3.49. The van der Waals surface area contributed by atoms with E-state index < -0.39 is 0 Å². The van der Waals surface area contributed by atoms with Crippen LogP contribution in [0, 0.1) is 6.92 Å². The van der Waals surface area contributed by atoms with Crippen LogP contribution >= 0.6 is 11.6 Å². The number of pyridine rings is 1. The molecular weight excluding hydrogens is 284 g/mol. The molecule has 2 fully saturated rings. The number of fused-ring (bicyclic) bond motifs is 1. The molecule has 1 aliphatic carbocycles. The summed E-state index contributed by atoms with van der Waals surface area (Å²) < 4.78 is 2.30. The van der Waals surface area contributed by atoms with Gasteiger partial charge in [0.25, 0.3) is 0 Å². The minimum absolute atomic E-state index is 0.0884. The van der Waals surface area contributed by atoms with Crippen LogP contribution in [0.3, 0.4) is 0 Å². The van der Waals surface area contributed by atoms with Crippen LogP contribution in [-0.2, 0) is 0 Å². The molecular formula is C16H21ClN4. The SMILES string of the molecule is Cc1cnc2c(c1)nc(C(C)Cl)n2C1CCN(C2CC2)C1. The van der Waals surface area contributed by atoms with E-state index in [-0.39, 0.29) is 5.38 Å². The largest absolute Gasteiger partial charge is 0.307 e. The van der Waals surface area contributed by atoms with Crippen molar-refractivity contribution in [2.45, 2.75) is 50.6 Å². The van der Waals surface area contributed by atoms with Crippen molar-refractivity contribution in [1.82, 2.24) is 19.4 Å². The number of aryl methyl sites for hydroxylation is 1. The van der Waals surface area contributed by atoms with Crippen LogP contribution in [0.25, 0.3) is 11.2 Å². The number of imidazole rings is 1. The first-order valence-corrected chi connectivity index (χ1v) is 8.29. The van der Waals surface area contributed by atoms with Crippen LogP contribution in [0.5, 0.6) is 0 Å². The zero-order valence-electron chi connectivity index (χ0n) is 12.6. The maximum atomic E-state index is 6.38. The van der Waals surface area contributed by atoms with Crippen molar-refractivity contribution in [1.29, 1.82) is 0 Å². The predicted molar refractivity (Wildman–Crippen MR) is 84.8 cm³/mol. The molecule has 1 saturated heterocycles. The summed E-state index contributed by atoms with van der Waals surface area (Å²) in [5.41, 5.74) is 3.11. The minimum Gasteiger partial charge on any atom is -0.307 e. The van der Waals surface area contributed by atoms with Gasteiger partial charge in [0.15, 0.2) is 5.65 Å². The van der Waals surface area contributed by atoms with E-state index in [4.69, 9.17) is 16.6 Å². The number of rotatable bonds is 3. The molecule has 0 spiro atoms. The quantitative estimate of drug-likeness (QED) is 0.815. The van der Waals surface area contributed by atoms with E-state index in [1.807, 2.05) is 13.1 Å². The van der Waals surface area contributed by atoms with Crippen molar-refractivity contribution in [3.05, 3.63) is 23.7 Å². The highest BCUT2D eigenvalue weighted by Gasteiger charge is 2.36. The number of aromatic nitrogens is 3. The van der Waals surface area contributed by atoms with Crippen LogP contribution < -0.4 is 0 Å². The van der Waals surface area contributed by atoms with E-state index in [9.17, 15) is 0 Å². The molecule has 4 nitrogen and oxygen atoms in total. The molecule has 1 saturated carbocycles. The molecule has 5 heteroatoms. The van der Waals surface area contributed by atoms with E-state index in [2.05, 4.69) is 27.4 Å².